The maximum atomic E-state index is 11.3. The third kappa shape index (κ3) is 2.28. The van der Waals surface area contributed by atoms with E-state index in [1.165, 1.54) is 6.92 Å². The molecule has 0 aliphatic carbocycles. The van der Waals surface area contributed by atoms with Gasteiger partial charge in [-0.2, -0.15) is 0 Å². The van der Waals surface area contributed by atoms with Gasteiger partial charge in [-0.1, -0.05) is 13.8 Å². The molecule has 4 heteroatoms. The van der Waals surface area contributed by atoms with E-state index in [-0.39, 0.29) is 6.61 Å². The van der Waals surface area contributed by atoms with Crippen molar-refractivity contribution in [2.75, 3.05) is 6.61 Å². The summed E-state index contributed by atoms with van der Waals surface area (Å²) in [6, 6.07) is 0. The molecule has 0 aliphatic rings. The van der Waals surface area contributed by atoms with E-state index in [1.807, 2.05) is 0 Å². The standard InChI is InChI=1S/C9H16O4/c1-5-13-8(11)9(12,6(2)3)7(4)10/h6,12H,5H2,1-4H3. The minimum atomic E-state index is -1.99. The molecule has 1 atom stereocenters. The molecule has 0 aromatic heterocycles. The molecule has 4 nitrogen and oxygen atoms in total. The summed E-state index contributed by atoms with van der Waals surface area (Å²) in [5.74, 6) is -1.93. The predicted octanol–water partition coefficient (Wildman–Crippen LogP) is 0.526. The Balaban J connectivity index is 4.79. The average Bonchev–Trinajstić information content (AvgIpc) is 2.02. The first-order chi connectivity index (χ1) is 5.87. The van der Waals surface area contributed by atoms with Gasteiger partial charge in [0, 0.05) is 5.92 Å². The second-order valence-electron chi connectivity index (χ2n) is 3.20. The van der Waals surface area contributed by atoms with Crippen LogP contribution < -0.4 is 0 Å². The quantitative estimate of drug-likeness (QED) is 0.516. The Morgan fingerprint density at radius 2 is 1.92 bits per heavy atom. The molecule has 0 heterocycles. The molecular formula is C9H16O4. The van der Waals surface area contributed by atoms with Crippen LogP contribution in [-0.4, -0.2) is 29.1 Å². The number of carbonyl (C=O) groups excluding carboxylic acids is 2. The van der Waals surface area contributed by atoms with Gasteiger partial charge >= 0.3 is 5.97 Å². The number of hydrogen-bond donors (Lipinski definition) is 1. The highest BCUT2D eigenvalue weighted by atomic mass is 16.5. The van der Waals surface area contributed by atoms with E-state index in [1.54, 1.807) is 20.8 Å². The second kappa shape index (κ2) is 4.37. The van der Waals surface area contributed by atoms with E-state index in [9.17, 15) is 14.7 Å². The predicted molar refractivity (Wildman–Crippen MR) is 47.1 cm³/mol. The highest BCUT2D eigenvalue weighted by Gasteiger charge is 2.45. The number of hydrogen-bond acceptors (Lipinski definition) is 4. The van der Waals surface area contributed by atoms with Crippen LogP contribution in [0.15, 0.2) is 0 Å². The summed E-state index contributed by atoms with van der Waals surface area (Å²) in [5, 5.41) is 9.74. The van der Waals surface area contributed by atoms with Gasteiger partial charge in [-0.05, 0) is 13.8 Å². The van der Waals surface area contributed by atoms with Crippen molar-refractivity contribution in [2.24, 2.45) is 5.92 Å². The SMILES string of the molecule is CCOC(=O)C(O)(C(C)=O)C(C)C. The summed E-state index contributed by atoms with van der Waals surface area (Å²) < 4.78 is 4.62. The number of Topliss-reactive ketones (excluding diaryl/α,β-unsaturated/α-hetero) is 1. The normalized spacial score (nSPS) is 15.2. The molecule has 0 aliphatic heterocycles. The van der Waals surface area contributed by atoms with Crippen molar-refractivity contribution in [2.45, 2.75) is 33.3 Å². The summed E-state index contributed by atoms with van der Waals surface area (Å²) in [7, 11) is 0. The van der Waals surface area contributed by atoms with Crippen molar-refractivity contribution < 1.29 is 19.4 Å². The number of aliphatic hydroxyl groups is 1. The molecule has 1 unspecified atom stereocenters. The first-order valence-electron chi connectivity index (χ1n) is 4.28. The lowest BCUT2D eigenvalue weighted by Gasteiger charge is -2.26. The molecule has 0 spiro atoms. The lowest BCUT2D eigenvalue weighted by molar-refractivity contribution is -0.174. The van der Waals surface area contributed by atoms with Crippen LogP contribution in [0.3, 0.4) is 0 Å². The van der Waals surface area contributed by atoms with Crippen molar-refractivity contribution in [3.63, 3.8) is 0 Å². The fourth-order valence-corrected chi connectivity index (χ4v) is 1.03. The van der Waals surface area contributed by atoms with Crippen LogP contribution in [-0.2, 0) is 14.3 Å². The number of ether oxygens (including phenoxy) is 1. The van der Waals surface area contributed by atoms with Crippen molar-refractivity contribution in [1.29, 1.82) is 0 Å². The van der Waals surface area contributed by atoms with Gasteiger partial charge in [0.25, 0.3) is 0 Å². The first kappa shape index (κ1) is 12.1. The first-order valence-corrected chi connectivity index (χ1v) is 4.28. The summed E-state index contributed by atoms with van der Waals surface area (Å²) in [6.07, 6.45) is 0. The van der Waals surface area contributed by atoms with E-state index in [2.05, 4.69) is 4.74 Å². The maximum Gasteiger partial charge on any atom is 0.346 e. The third-order valence-corrected chi connectivity index (χ3v) is 1.96. The molecule has 76 valence electrons. The van der Waals surface area contributed by atoms with Crippen molar-refractivity contribution in [3.05, 3.63) is 0 Å². The van der Waals surface area contributed by atoms with Crippen LogP contribution in [0.4, 0.5) is 0 Å². The van der Waals surface area contributed by atoms with Crippen LogP contribution in [0.2, 0.25) is 0 Å². The number of carbonyl (C=O) groups is 2. The van der Waals surface area contributed by atoms with Crippen molar-refractivity contribution in [1.82, 2.24) is 0 Å². The highest BCUT2D eigenvalue weighted by Crippen LogP contribution is 2.19. The van der Waals surface area contributed by atoms with Gasteiger partial charge in [0.15, 0.2) is 5.78 Å². The molecule has 1 N–H and O–H groups in total. The van der Waals surface area contributed by atoms with E-state index in [4.69, 9.17) is 0 Å². The van der Waals surface area contributed by atoms with Gasteiger partial charge in [0.1, 0.15) is 0 Å². The van der Waals surface area contributed by atoms with Crippen molar-refractivity contribution >= 4 is 11.8 Å². The van der Waals surface area contributed by atoms with Crippen molar-refractivity contribution in [3.8, 4) is 0 Å². The highest BCUT2D eigenvalue weighted by molar-refractivity contribution is 6.06. The largest absolute Gasteiger partial charge is 0.464 e. The molecule has 0 saturated heterocycles. The van der Waals surface area contributed by atoms with Crippen LogP contribution >= 0.6 is 0 Å². The molecule has 0 aromatic rings. The van der Waals surface area contributed by atoms with E-state index >= 15 is 0 Å². The van der Waals surface area contributed by atoms with Gasteiger partial charge in [-0.15, -0.1) is 0 Å². The van der Waals surface area contributed by atoms with E-state index < -0.39 is 23.3 Å². The van der Waals surface area contributed by atoms with E-state index in [0.717, 1.165) is 0 Å². The Hall–Kier alpha value is -0.900. The molecule has 0 amide bonds. The fourth-order valence-electron chi connectivity index (χ4n) is 1.03. The Kier molecular flexibility index (Phi) is 4.07. The van der Waals surface area contributed by atoms with Crippen LogP contribution in [0.1, 0.15) is 27.7 Å². The molecule has 0 fully saturated rings. The second-order valence-corrected chi connectivity index (χ2v) is 3.20. The van der Waals surface area contributed by atoms with Crippen LogP contribution in [0.25, 0.3) is 0 Å². The average molecular weight is 188 g/mol. The van der Waals surface area contributed by atoms with Gasteiger partial charge in [0.2, 0.25) is 5.60 Å². The van der Waals surface area contributed by atoms with Gasteiger partial charge < -0.3 is 9.84 Å². The molecule has 0 saturated carbocycles. The lowest BCUT2D eigenvalue weighted by Crippen LogP contribution is -2.51. The monoisotopic (exact) mass is 188 g/mol. The van der Waals surface area contributed by atoms with Gasteiger partial charge in [-0.25, -0.2) is 4.79 Å². The van der Waals surface area contributed by atoms with Gasteiger partial charge in [-0.3, -0.25) is 4.79 Å². The Morgan fingerprint density at radius 1 is 1.46 bits per heavy atom. The third-order valence-electron chi connectivity index (χ3n) is 1.96. The topological polar surface area (TPSA) is 63.6 Å². The summed E-state index contributed by atoms with van der Waals surface area (Å²) in [5.41, 5.74) is -1.99. The minimum Gasteiger partial charge on any atom is -0.464 e. The molecule has 0 radical (unpaired) electrons. The Labute approximate surface area is 77.9 Å². The zero-order chi connectivity index (χ0) is 10.6. The molecule has 0 rings (SSSR count). The molecule has 13 heavy (non-hydrogen) atoms. The fraction of sp³-hybridized carbons (Fsp3) is 0.778. The minimum absolute atomic E-state index is 0.154. The van der Waals surface area contributed by atoms with E-state index in [0.29, 0.717) is 0 Å². The summed E-state index contributed by atoms with van der Waals surface area (Å²) in [6.45, 7) is 6.15. The Bertz CT molecular complexity index is 210. The molecule has 0 bridgehead atoms. The summed E-state index contributed by atoms with van der Waals surface area (Å²) in [4.78, 5) is 22.3. The molecule has 0 aromatic carbocycles. The smallest absolute Gasteiger partial charge is 0.346 e. The maximum absolute atomic E-state index is 11.3. The lowest BCUT2D eigenvalue weighted by atomic mass is 9.87. The zero-order valence-electron chi connectivity index (χ0n) is 8.46. The number of rotatable bonds is 4. The Morgan fingerprint density at radius 3 is 2.15 bits per heavy atom. The van der Waals surface area contributed by atoms with Crippen LogP contribution in [0.5, 0.6) is 0 Å². The summed E-state index contributed by atoms with van der Waals surface area (Å²) >= 11 is 0. The molecular weight excluding hydrogens is 172 g/mol. The van der Waals surface area contributed by atoms with Crippen LogP contribution in [0, 0.1) is 5.92 Å². The number of esters is 1. The number of ketones is 1. The van der Waals surface area contributed by atoms with Gasteiger partial charge in [0.05, 0.1) is 6.61 Å². The zero-order valence-corrected chi connectivity index (χ0v) is 8.46.